The quantitative estimate of drug-likeness (QED) is 0.274. The molecule has 0 bridgehead atoms. The van der Waals surface area contributed by atoms with Crippen molar-refractivity contribution in [2.45, 2.75) is 12.8 Å². The lowest BCUT2D eigenvalue weighted by molar-refractivity contribution is 0.0946. The maximum Gasteiger partial charge on any atom is 0.283 e. The van der Waals surface area contributed by atoms with Crippen molar-refractivity contribution in [2.24, 2.45) is 5.84 Å². The number of amides is 1. The van der Waals surface area contributed by atoms with E-state index in [9.17, 15) is 9.90 Å². The summed E-state index contributed by atoms with van der Waals surface area (Å²) in [6.07, 6.45) is -0.958. The van der Waals surface area contributed by atoms with Crippen LogP contribution in [0.25, 0.3) is 0 Å². The van der Waals surface area contributed by atoms with Gasteiger partial charge in [-0.1, -0.05) is 36.4 Å². The molecule has 104 valence electrons. The van der Waals surface area contributed by atoms with E-state index in [1.807, 2.05) is 35.8 Å². The molecule has 0 spiro atoms. The van der Waals surface area contributed by atoms with Gasteiger partial charge in [0.2, 0.25) is 0 Å². The number of aliphatic hydroxyl groups is 1. The normalized spacial score (nSPS) is 11.9. The fraction of sp³-hybridized carbons (Fsp3) is 0.143. The molecule has 0 radical (unpaired) electrons. The molecule has 1 heterocycles. The van der Waals surface area contributed by atoms with E-state index in [0.29, 0.717) is 12.2 Å². The minimum atomic E-state index is -0.958. The number of benzene rings is 1. The van der Waals surface area contributed by atoms with Gasteiger partial charge in [-0.25, -0.2) is 10.8 Å². The molecule has 6 nitrogen and oxygen atoms in total. The Bertz CT molecular complexity index is 574. The Morgan fingerprint density at radius 1 is 1.20 bits per heavy atom. The second-order valence-electron chi connectivity index (χ2n) is 4.19. The van der Waals surface area contributed by atoms with Crippen molar-refractivity contribution in [2.75, 3.05) is 0 Å². The van der Waals surface area contributed by atoms with Gasteiger partial charge in [0.05, 0.1) is 5.69 Å². The lowest BCUT2D eigenvalue weighted by Crippen LogP contribution is -2.31. The van der Waals surface area contributed by atoms with E-state index in [1.165, 1.54) is 6.07 Å². The third-order valence-corrected chi connectivity index (χ3v) is 2.76. The first-order chi connectivity index (χ1) is 9.70. The van der Waals surface area contributed by atoms with Crippen LogP contribution in [0.4, 0.5) is 0 Å². The van der Waals surface area contributed by atoms with E-state index in [2.05, 4.69) is 10.3 Å². The summed E-state index contributed by atoms with van der Waals surface area (Å²) in [6, 6.07) is 14.5. The third kappa shape index (κ3) is 3.61. The molecular formula is C14H16N4O2. The van der Waals surface area contributed by atoms with Gasteiger partial charge in [0.25, 0.3) is 5.91 Å². The number of hydrogen-bond acceptors (Lipinski definition) is 5. The van der Waals surface area contributed by atoms with Crippen LogP contribution in [0.15, 0.2) is 48.5 Å². The number of hydrazine groups is 1. The number of carbonyl (C=O) groups excluding carboxylic acids is 1. The fourth-order valence-electron chi connectivity index (χ4n) is 1.72. The number of nitrogens with zero attached hydrogens (tertiary/aromatic N) is 1. The van der Waals surface area contributed by atoms with Gasteiger partial charge in [-0.2, -0.15) is 0 Å². The number of hydrogen-bond donors (Lipinski definition) is 4. The first-order valence-electron chi connectivity index (χ1n) is 6.14. The van der Waals surface area contributed by atoms with Crippen LogP contribution >= 0.6 is 0 Å². The van der Waals surface area contributed by atoms with E-state index in [4.69, 9.17) is 5.84 Å². The Labute approximate surface area is 116 Å². The van der Waals surface area contributed by atoms with Crippen molar-refractivity contribution in [3.05, 3.63) is 65.5 Å². The zero-order valence-electron chi connectivity index (χ0n) is 10.8. The van der Waals surface area contributed by atoms with Crippen LogP contribution in [0.2, 0.25) is 0 Å². The minimum absolute atomic E-state index is 0.158. The summed E-state index contributed by atoms with van der Waals surface area (Å²) in [5.41, 5.74) is 3.57. The number of aliphatic hydroxyl groups excluding tert-OH is 1. The summed E-state index contributed by atoms with van der Waals surface area (Å²) in [4.78, 5) is 15.4. The average Bonchev–Trinajstić information content (AvgIpc) is 2.53. The Morgan fingerprint density at radius 2 is 1.95 bits per heavy atom. The molecule has 1 aromatic carbocycles. The molecule has 0 fully saturated rings. The molecular weight excluding hydrogens is 256 g/mol. The number of aromatic nitrogens is 1. The van der Waals surface area contributed by atoms with Gasteiger partial charge in [-0.3, -0.25) is 15.5 Å². The highest BCUT2D eigenvalue weighted by Crippen LogP contribution is 2.09. The number of carbonyl (C=O) groups is 1. The van der Waals surface area contributed by atoms with Crippen molar-refractivity contribution in [3.8, 4) is 0 Å². The molecule has 5 N–H and O–H groups in total. The second kappa shape index (κ2) is 6.76. The van der Waals surface area contributed by atoms with Gasteiger partial charge in [0, 0.05) is 6.54 Å². The smallest absolute Gasteiger partial charge is 0.283 e. The van der Waals surface area contributed by atoms with Crippen molar-refractivity contribution < 1.29 is 9.90 Å². The van der Waals surface area contributed by atoms with E-state index >= 15 is 0 Å². The minimum Gasteiger partial charge on any atom is -0.373 e. The molecule has 6 heteroatoms. The molecule has 0 aliphatic rings. The SMILES string of the molecule is NNC(=O)c1cccc(C(O)NCc2ccccc2)n1. The standard InChI is InChI=1S/C14H16N4O2/c15-18-14(20)12-8-4-7-11(17-12)13(19)16-9-10-5-2-1-3-6-10/h1-8,13,16,19H,9,15H2,(H,18,20). The van der Waals surface area contributed by atoms with E-state index < -0.39 is 12.1 Å². The summed E-state index contributed by atoms with van der Waals surface area (Å²) in [6.45, 7) is 0.497. The van der Waals surface area contributed by atoms with Crippen molar-refractivity contribution in [3.63, 3.8) is 0 Å². The summed E-state index contributed by atoms with van der Waals surface area (Å²) >= 11 is 0. The third-order valence-electron chi connectivity index (χ3n) is 2.76. The lowest BCUT2D eigenvalue weighted by atomic mass is 10.2. The number of pyridine rings is 1. The molecule has 2 aromatic rings. The molecule has 0 aliphatic carbocycles. The van der Waals surface area contributed by atoms with Crippen molar-refractivity contribution >= 4 is 5.91 Å². The van der Waals surface area contributed by atoms with Gasteiger partial charge in [0.1, 0.15) is 11.9 Å². The molecule has 1 aromatic heterocycles. The van der Waals surface area contributed by atoms with Gasteiger partial charge < -0.3 is 5.11 Å². The number of nitrogens with one attached hydrogen (secondary N) is 2. The highest BCUT2D eigenvalue weighted by molar-refractivity contribution is 5.91. The largest absolute Gasteiger partial charge is 0.373 e. The Kier molecular flexibility index (Phi) is 4.78. The highest BCUT2D eigenvalue weighted by Gasteiger charge is 2.11. The molecule has 0 saturated heterocycles. The van der Waals surface area contributed by atoms with E-state index in [1.54, 1.807) is 12.1 Å². The van der Waals surface area contributed by atoms with E-state index in [0.717, 1.165) is 5.56 Å². The van der Waals surface area contributed by atoms with Gasteiger partial charge >= 0.3 is 0 Å². The summed E-state index contributed by atoms with van der Waals surface area (Å²) in [5, 5.41) is 13.0. The average molecular weight is 272 g/mol. The maximum atomic E-state index is 11.4. The van der Waals surface area contributed by atoms with Crippen LogP contribution in [0.5, 0.6) is 0 Å². The predicted octanol–water partition coefficient (Wildman–Crippen LogP) is 0.466. The molecule has 1 unspecified atom stereocenters. The van der Waals surface area contributed by atoms with Crippen LogP contribution in [0.3, 0.4) is 0 Å². The zero-order valence-corrected chi connectivity index (χ0v) is 10.8. The second-order valence-corrected chi connectivity index (χ2v) is 4.19. The zero-order chi connectivity index (χ0) is 14.4. The van der Waals surface area contributed by atoms with Gasteiger partial charge in [0.15, 0.2) is 0 Å². The van der Waals surface area contributed by atoms with Crippen LogP contribution in [0.1, 0.15) is 28.0 Å². The molecule has 0 aliphatic heterocycles. The molecule has 0 saturated carbocycles. The van der Waals surface area contributed by atoms with Crippen LogP contribution in [-0.4, -0.2) is 16.0 Å². The topological polar surface area (TPSA) is 100 Å². The Hall–Kier alpha value is -2.28. The summed E-state index contributed by atoms with van der Waals surface area (Å²) in [7, 11) is 0. The highest BCUT2D eigenvalue weighted by atomic mass is 16.3. The van der Waals surface area contributed by atoms with Crippen LogP contribution < -0.4 is 16.6 Å². The fourth-order valence-corrected chi connectivity index (χ4v) is 1.72. The van der Waals surface area contributed by atoms with Crippen LogP contribution in [0, 0.1) is 0 Å². The first kappa shape index (κ1) is 14.1. The number of nitrogen functional groups attached to an aromatic ring is 1. The lowest BCUT2D eigenvalue weighted by Gasteiger charge is -2.13. The molecule has 1 atom stereocenters. The van der Waals surface area contributed by atoms with Crippen molar-refractivity contribution in [1.82, 2.24) is 15.7 Å². The first-order valence-corrected chi connectivity index (χ1v) is 6.14. The number of nitrogens with two attached hydrogens (primary N) is 1. The summed E-state index contributed by atoms with van der Waals surface area (Å²) < 4.78 is 0. The number of rotatable bonds is 5. The van der Waals surface area contributed by atoms with Crippen molar-refractivity contribution in [1.29, 1.82) is 0 Å². The van der Waals surface area contributed by atoms with E-state index in [-0.39, 0.29) is 5.69 Å². The maximum absolute atomic E-state index is 11.4. The predicted molar refractivity (Wildman–Crippen MR) is 74.1 cm³/mol. The molecule has 20 heavy (non-hydrogen) atoms. The summed E-state index contributed by atoms with van der Waals surface area (Å²) in [5.74, 6) is 4.55. The van der Waals surface area contributed by atoms with Gasteiger partial charge in [-0.15, -0.1) is 0 Å². The van der Waals surface area contributed by atoms with Gasteiger partial charge in [-0.05, 0) is 17.7 Å². The Morgan fingerprint density at radius 3 is 2.65 bits per heavy atom. The monoisotopic (exact) mass is 272 g/mol. The molecule has 1 amide bonds. The molecule has 2 rings (SSSR count). The van der Waals surface area contributed by atoms with Crippen LogP contribution in [-0.2, 0) is 6.54 Å². The Balaban J connectivity index is 2.02.